The fourth-order valence-electron chi connectivity index (χ4n) is 2.52. The Hall–Kier alpha value is -1.79. The highest BCUT2D eigenvalue weighted by Gasteiger charge is 2.23. The maximum Gasteiger partial charge on any atom is 0.316 e. The number of amides is 3. The van der Waals surface area contributed by atoms with Crippen molar-refractivity contribution < 1.29 is 14.3 Å². The van der Waals surface area contributed by atoms with Crippen molar-refractivity contribution in [3.05, 3.63) is 34.9 Å². The van der Waals surface area contributed by atoms with Crippen LogP contribution in [-0.4, -0.2) is 38.2 Å². The number of benzene rings is 1. The number of carbonyl (C=O) groups is 2. The van der Waals surface area contributed by atoms with Crippen LogP contribution in [0.4, 0.5) is 4.79 Å². The van der Waals surface area contributed by atoms with E-state index < -0.39 is 6.04 Å². The van der Waals surface area contributed by atoms with E-state index in [9.17, 15) is 9.59 Å². The Kier molecular flexibility index (Phi) is 6.67. The van der Waals surface area contributed by atoms with Gasteiger partial charge in [0.2, 0.25) is 5.91 Å². The molecule has 1 aliphatic rings. The average Bonchev–Trinajstić information content (AvgIpc) is 2.73. The van der Waals surface area contributed by atoms with Crippen molar-refractivity contribution in [2.45, 2.75) is 31.3 Å². The van der Waals surface area contributed by atoms with E-state index in [0.29, 0.717) is 24.6 Å². The zero-order valence-corrected chi connectivity index (χ0v) is 13.9. The van der Waals surface area contributed by atoms with E-state index >= 15 is 0 Å². The molecule has 126 valence electrons. The standard InChI is InChI=1S/C16H22ClN3O3/c1-23-10-14(11-5-7-12(17)8-6-11)20-16(22)19-13-4-2-3-9-18-15(13)21/h5-8,13-14H,2-4,9-10H2,1H3,(H,18,21)(H2,19,20,22)/t13-,14-/m0/s1. The molecular formula is C16H22ClN3O3. The molecule has 1 fully saturated rings. The van der Waals surface area contributed by atoms with Crippen LogP contribution in [0.2, 0.25) is 5.02 Å². The molecule has 7 heteroatoms. The van der Waals surface area contributed by atoms with Crippen molar-refractivity contribution in [1.82, 2.24) is 16.0 Å². The van der Waals surface area contributed by atoms with Gasteiger partial charge in [0.05, 0.1) is 12.6 Å². The summed E-state index contributed by atoms with van der Waals surface area (Å²) in [7, 11) is 1.57. The molecular weight excluding hydrogens is 318 g/mol. The van der Waals surface area contributed by atoms with E-state index in [-0.39, 0.29) is 18.0 Å². The zero-order valence-electron chi connectivity index (χ0n) is 13.1. The van der Waals surface area contributed by atoms with Crippen LogP contribution in [-0.2, 0) is 9.53 Å². The maximum absolute atomic E-state index is 12.2. The highest BCUT2D eigenvalue weighted by atomic mass is 35.5. The van der Waals surface area contributed by atoms with Gasteiger partial charge in [0.1, 0.15) is 6.04 Å². The highest BCUT2D eigenvalue weighted by molar-refractivity contribution is 6.30. The van der Waals surface area contributed by atoms with Crippen LogP contribution >= 0.6 is 11.6 Å². The number of methoxy groups -OCH3 is 1. The van der Waals surface area contributed by atoms with Gasteiger partial charge in [-0.1, -0.05) is 23.7 Å². The predicted octanol–water partition coefficient (Wildman–Crippen LogP) is 2.00. The Labute approximate surface area is 140 Å². The fourth-order valence-corrected chi connectivity index (χ4v) is 2.64. The third kappa shape index (κ3) is 5.41. The minimum Gasteiger partial charge on any atom is -0.382 e. The van der Waals surface area contributed by atoms with Crippen LogP contribution in [0.1, 0.15) is 30.9 Å². The molecule has 3 amide bonds. The molecule has 23 heavy (non-hydrogen) atoms. The average molecular weight is 340 g/mol. The molecule has 0 aromatic heterocycles. The summed E-state index contributed by atoms with van der Waals surface area (Å²) in [6.07, 6.45) is 2.49. The quantitative estimate of drug-likeness (QED) is 0.767. The topological polar surface area (TPSA) is 79.5 Å². The normalized spacial score (nSPS) is 19.4. The monoisotopic (exact) mass is 339 g/mol. The molecule has 0 saturated carbocycles. The molecule has 2 atom stereocenters. The molecule has 0 bridgehead atoms. The van der Waals surface area contributed by atoms with Crippen LogP contribution in [0, 0.1) is 0 Å². The van der Waals surface area contributed by atoms with Gasteiger partial charge in [-0.15, -0.1) is 0 Å². The Morgan fingerprint density at radius 1 is 1.39 bits per heavy atom. The van der Waals surface area contributed by atoms with Gasteiger partial charge in [0, 0.05) is 18.7 Å². The summed E-state index contributed by atoms with van der Waals surface area (Å²) in [5, 5.41) is 9.00. The number of nitrogens with one attached hydrogen (secondary N) is 3. The van der Waals surface area contributed by atoms with Crippen molar-refractivity contribution in [3.8, 4) is 0 Å². The first-order chi connectivity index (χ1) is 11.1. The second-order valence-corrected chi connectivity index (χ2v) is 5.95. The number of hydrogen-bond acceptors (Lipinski definition) is 3. The van der Waals surface area contributed by atoms with E-state index in [0.717, 1.165) is 18.4 Å². The first kappa shape index (κ1) is 17.6. The summed E-state index contributed by atoms with van der Waals surface area (Å²) in [6.45, 7) is 0.988. The minimum atomic E-state index is -0.495. The Balaban J connectivity index is 1.97. The van der Waals surface area contributed by atoms with Crippen molar-refractivity contribution in [1.29, 1.82) is 0 Å². The smallest absolute Gasteiger partial charge is 0.316 e. The molecule has 0 aliphatic carbocycles. The van der Waals surface area contributed by atoms with E-state index in [4.69, 9.17) is 16.3 Å². The molecule has 6 nitrogen and oxygen atoms in total. The van der Waals surface area contributed by atoms with Gasteiger partial charge in [-0.05, 0) is 37.0 Å². The van der Waals surface area contributed by atoms with Crippen LogP contribution < -0.4 is 16.0 Å². The van der Waals surface area contributed by atoms with E-state index in [1.165, 1.54) is 0 Å². The van der Waals surface area contributed by atoms with Gasteiger partial charge in [-0.2, -0.15) is 0 Å². The number of rotatable bonds is 5. The van der Waals surface area contributed by atoms with Crippen molar-refractivity contribution in [3.63, 3.8) is 0 Å². The Morgan fingerprint density at radius 3 is 2.83 bits per heavy atom. The lowest BCUT2D eigenvalue weighted by atomic mass is 10.1. The van der Waals surface area contributed by atoms with E-state index in [1.54, 1.807) is 19.2 Å². The summed E-state index contributed by atoms with van der Waals surface area (Å²) in [5.74, 6) is -0.132. The van der Waals surface area contributed by atoms with Gasteiger partial charge in [0.25, 0.3) is 0 Å². The molecule has 0 unspecified atom stereocenters. The van der Waals surface area contributed by atoms with Crippen molar-refractivity contribution in [2.24, 2.45) is 0 Å². The highest BCUT2D eigenvalue weighted by Crippen LogP contribution is 2.17. The molecule has 0 spiro atoms. The molecule has 1 saturated heterocycles. The molecule has 3 N–H and O–H groups in total. The largest absolute Gasteiger partial charge is 0.382 e. The molecule has 1 aromatic rings. The predicted molar refractivity (Wildman–Crippen MR) is 88.4 cm³/mol. The summed E-state index contributed by atoms with van der Waals surface area (Å²) >= 11 is 5.88. The Bertz CT molecular complexity index is 536. The third-order valence-electron chi connectivity index (χ3n) is 3.75. The van der Waals surface area contributed by atoms with E-state index in [2.05, 4.69) is 16.0 Å². The number of halogens is 1. The van der Waals surface area contributed by atoms with Crippen LogP contribution in [0.5, 0.6) is 0 Å². The first-order valence-electron chi connectivity index (χ1n) is 7.69. The van der Waals surface area contributed by atoms with Gasteiger partial charge >= 0.3 is 6.03 Å². The fraction of sp³-hybridized carbons (Fsp3) is 0.500. The van der Waals surface area contributed by atoms with Crippen molar-refractivity contribution in [2.75, 3.05) is 20.3 Å². The van der Waals surface area contributed by atoms with E-state index in [1.807, 2.05) is 12.1 Å². The number of urea groups is 1. The van der Waals surface area contributed by atoms with Crippen LogP contribution in [0.15, 0.2) is 24.3 Å². The number of hydrogen-bond donors (Lipinski definition) is 3. The van der Waals surface area contributed by atoms with Crippen LogP contribution in [0.3, 0.4) is 0 Å². The Morgan fingerprint density at radius 2 is 2.13 bits per heavy atom. The van der Waals surface area contributed by atoms with Crippen LogP contribution in [0.25, 0.3) is 0 Å². The summed E-state index contributed by atoms with van der Waals surface area (Å²) in [4.78, 5) is 24.1. The summed E-state index contributed by atoms with van der Waals surface area (Å²) in [6, 6.07) is 6.01. The summed E-state index contributed by atoms with van der Waals surface area (Å²) < 4.78 is 5.17. The minimum absolute atomic E-state index is 0.132. The second kappa shape index (κ2) is 8.74. The molecule has 1 aromatic carbocycles. The van der Waals surface area contributed by atoms with Crippen molar-refractivity contribution >= 4 is 23.5 Å². The molecule has 2 rings (SSSR count). The lowest BCUT2D eigenvalue weighted by molar-refractivity contribution is -0.122. The molecule has 1 aliphatic heterocycles. The maximum atomic E-state index is 12.2. The molecule has 0 radical (unpaired) electrons. The first-order valence-corrected chi connectivity index (χ1v) is 8.07. The van der Waals surface area contributed by atoms with Gasteiger partial charge in [-0.3, -0.25) is 4.79 Å². The second-order valence-electron chi connectivity index (χ2n) is 5.52. The SMILES string of the molecule is COC[C@H](NC(=O)N[C@H]1CCCCNC1=O)c1ccc(Cl)cc1. The molecule has 1 heterocycles. The lowest BCUT2D eigenvalue weighted by Gasteiger charge is -2.21. The number of carbonyl (C=O) groups excluding carboxylic acids is 2. The van der Waals surface area contributed by atoms with Gasteiger partial charge in [0.15, 0.2) is 0 Å². The third-order valence-corrected chi connectivity index (χ3v) is 4.00. The van der Waals surface area contributed by atoms with Gasteiger partial charge < -0.3 is 20.7 Å². The number of ether oxygens (including phenoxy) is 1. The lowest BCUT2D eigenvalue weighted by Crippen LogP contribution is -2.50. The summed E-state index contributed by atoms with van der Waals surface area (Å²) in [5.41, 5.74) is 0.886. The van der Waals surface area contributed by atoms with Gasteiger partial charge in [-0.25, -0.2) is 4.79 Å². The zero-order chi connectivity index (χ0) is 16.7.